The molecule has 0 rings (SSSR count). The molecule has 0 aromatic carbocycles. The van der Waals surface area contributed by atoms with Crippen molar-refractivity contribution in [3.63, 3.8) is 0 Å². The van der Waals surface area contributed by atoms with Crippen molar-refractivity contribution in [1.82, 2.24) is 0 Å². The number of likely N-dealkylation sites (N-methyl/N-ethyl adjacent to an activating group) is 1. The van der Waals surface area contributed by atoms with E-state index >= 15 is 0 Å². The number of aliphatic carboxylic acids is 1. The first-order chi connectivity index (χ1) is 11.6. The minimum atomic E-state index is -4.89. The van der Waals surface area contributed by atoms with E-state index in [-0.39, 0.29) is 13.0 Å². The lowest BCUT2D eigenvalue weighted by Crippen LogP contribution is -2.47. The number of phosphoric ester groups is 1. The normalized spacial score (nSPS) is 17.4. The number of carbonyl (C=O) groups excluding carboxylic acids is 1. The summed E-state index contributed by atoms with van der Waals surface area (Å²) in [4.78, 5) is 39.7. The Labute approximate surface area is 150 Å². The van der Waals surface area contributed by atoms with E-state index in [0.29, 0.717) is 4.48 Å². The number of carboxylic acid groups (broad SMARTS) is 1. The van der Waals surface area contributed by atoms with Gasteiger partial charge in [-0.3, -0.25) is 14.1 Å². The highest BCUT2D eigenvalue weighted by molar-refractivity contribution is 7.46. The third kappa shape index (κ3) is 11.6. The number of quaternary nitrogens is 1. The van der Waals surface area contributed by atoms with Crippen molar-refractivity contribution in [3.05, 3.63) is 0 Å². The lowest BCUT2D eigenvalue weighted by molar-refractivity contribution is -0.873. The van der Waals surface area contributed by atoms with Gasteiger partial charge in [-0.1, -0.05) is 0 Å². The van der Waals surface area contributed by atoms with Crippen LogP contribution in [0.1, 0.15) is 6.42 Å². The fourth-order valence-electron chi connectivity index (χ4n) is 1.94. The molecule has 0 amide bonds. The zero-order valence-corrected chi connectivity index (χ0v) is 15.7. The van der Waals surface area contributed by atoms with Crippen molar-refractivity contribution in [3.8, 4) is 0 Å². The Morgan fingerprint density at radius 2 is 1.65 bits per heavy atom. The van der Waals surface area contributed by atoms with Gasteiger partial charge in [0.2, 0.25) is 0 Å². The average Bonchev–Trinajstić information content (AvgIpc) is 2.45. The van der Waals surface area contributed by atoms with Gasteiger partial charge in [0, 0.05) is 0 Å². The fraction of sp³-hybridized carbons (Fsp3) is 0.846. The molecule has 6 N–H and O–H groups in total. The van der Waals surface area contributed by atoms with Gasteiger partial charge in [0.25, 0.3) is 0 Å². The molecule has 0 heterocycles. The van der Waals surface area contributed by atoms with Crippen molar-refractivity contribution in [1.29, 1.82) is 0 Å². The van der Waals surface area contributed by atoms with Crippen LogP contribution in [0.2, 0.25) is 0 Å². The smallest absolute Gasteiger partial charge is 0.469 e. The number of carboxylic acids is 1. The summed E-state index contributed by atoms with van der Waals surface area (Å²) in [5, 5.41) is 37.7. The van der Waals surface area contributed by atoms with Crippen LogP contribution in [-0.2, 0) is 23.4 Å². The second-order valence-electron chi connectivity index (χ2n) is 6.76. The predicted molar refractivity (Wildman–Crippen MR) is 85.9 cm³/mol. The first-order valence-electron chi connectivity index (χ1n) is 7.53. The van der Waals surface area contributed by atoms with Crippen LogP contribution in [0.15, 0.2) is 0 Å². The lowest BCUT2D eigenvalue weighted by Gasteiger charge is -2.29. The number of aliphatic hydroxyl groups excluding tert-OH is 3. The van der Waals surface area contributed by atoms with Gasteiger partial charge in [0.15, 0.2) is 5.78 Å². The molecule has 0 fully saturated rings. The number of ketones is 1. The molecule has 0 radical (unpaired) electrons. The Bertz CT molecular complexity index is 515. The summed E-state index contributed by atoms with van der Waals surface area (Å²) in [6.45, 7) is -1.47. The number of aliphatic hydroxyl groups is 3. The van der Waals surface area contributed by atoms with Crippen LogP contribution in [0.3, 0.4) is 0 Å². The highest BCUT2D eigenvalue weighted by Gasteiger charge is 2.33. The van der Waals surface area contributed by atoms with Crippen LogP contribution in [0.5, 0.6) is 0 Å². The summed E-state index contributed by atoms with van der Waals surface area (Å²) in [5.74, 6) is -2.17. The van der Waals surface area contributed by atoms with Crippen LogP contribution in [0, 0.1) is 0 Å². The molecule has 0 aromatic heterocycles. The molecule has 0 aliphatic heterocycles. The number of rotatable bonds is 13. The molecule has 1 unspecified atom stereocenters. The maximum atomic E-state index is 11.9. The second kappa shape index (κ2) is 10.4. The molecule has 13 heteroatoms. The van der Waals surface area contributed by atoms with Gasteiger partial charge in [-0.25, -0.2) is 4.57 Å². The van der Waals surface area contributed by atoms with Crippen molar-refractivity contribution in [2.45, 2.75) is 30.8 Å². The molecule has 0 saturated heterocycles. The molecule has 0 bridgehead atoms. The second-order valence-corrected chi connectivity index (χ2v) is 8.00. The Hall–Kier alpha value is -0.950. The summed E-state index contributed by atoms with van der Waals surface area (Å²) >= 11 is 0. The van der Waals surface area contributed by atoms with E-state index in [2.05, 4.69) is 4.52 Å². The lowest BCUT2D eigenvalue weighted by atomic mass is 10.1. The quantitative estimate of drug-likeness (QED) is 0.138. The van der Waals surface area contributed by atoms with Crippen molar-refractivity contribution in [2.24, 2.45) is 0 Å². The molecule has 12 nitrogen and oxygen atoms in total. The first-order valence-corrected chi connectivity index (χ1v) is 9.06. The highest BCUT2D eigenvalue weighted by atomic mass is 31.2. The molecule has 154 valence electrons. The van der Waals surface area contributed by atoms with E-state index < -0.39 is 57.2 Å². The van der Waals surface area contributed by atoms with Gasteiger partial charge in [-0.05, 0) is 0 Å². The van der Waals surface area contributed by atoms with Crippen molar-refractivity contribution >= 4 is 19.6 Å². The molecule has 0 spiro atoms. The Kier molecular flexibility index (Phi) is 10.0. The molecular weight excluding hydrogens is 377 g/mol. The maximum Gasteiger partial charge on any atom is 0.469 e. The van der Waals surface area contributed by atoms with Gasteiger partial charge in [-0.2, -0.15) is 0 Å². The standard InChI is InChI=1S/C13H26NO11P/c1-14(2,3)5-8(4-11(17)18)24-6-9(15)12(19)13(20)10(16)7-25-26(21,22)23/h8,10,12-13,16,19-20H,4-7H2,1-3H3,(H2-,17,18,21,22,23)/p+1/t8?,10-,12-,13-/m1/s1. The van der Waals surface area contributed by atoms with Gasteiger partial charge in [0.05, 0.1) is 34.2 Å². The Balaban J connectivity index is 4.65. The number of carbonyl (C=O) groups is 2. The minimum absolute atomic E-state index is 0.261. The van der Waals surface area contributed by atoms with Crippen molar-refractivity contribution in [2.75, 3.05) is 40.9 Å². The van der Waals surface area contributed by atoms with E-state index in [4.69, 9.17) is 19.6 Å². The van der Waals surface area contributed by atoms with Gasteiger partial charge in [0.1, 0.15) is 37.6 Å². The predicted octanol–water partition coefficient (Wildman–Crippen LogP) is -2.69. The van der Waals surface area contributed by atoms with Crippen LogP contribution < -0.4 is 0 Å². The summed E-state index contributed by atoms with van der Waals surface area (Å²) in [5.41, 5.74) is 0. The third-order valence-corrected chi connectivity index (χ3v) is 3.56. The van der Waals surface area contributed by atoms with Gasteiger partial charge >= 0.3 is 13.8 Å². The van der Waals surface area contributed by atoms with E-state index in [9.17, 15) is 29.5 Å². The Morgan fingerprint density at radius 3 is 2.08 bits per heavy atom. The van der Waals surface area contributed by atoms with Gasteiger partial charge in [-0.15, -0.1) is 0 Å². The van der Waals surface area contributed by atoms with Gasteiger partial charge < -0.3 is 39.4 Å². The SMILES string of the molecule is C[N+](C)(C)CC(CC(=O)O)OCC(=O)[C@@H](O)[C@H](O)[C@H](O)COP(=O)(O)O. The highest BCUT2D eigenvalue weighted by Crippen LogP contribution is 2.35. The van der Waals surface area contributed by atoms with Crippen LogP contribution in [0.4, 0.5) is 0 Å². The molecule has 0 aliphatic carbocycles. The first kappa shape index (κ1) is 25.1. The largest absolute Gasteiger partial charge is 0.481 e. The van der Waals surface area contributed by atoms with E-state index in [1.807, 2.05) is 0 Å². The minimum Gasteiger partial charge on any atom is -0.481 e. The molecule has 0 aliphatic rings. The molecule has 4 atom stereocenters. The molecule has 0 aromatic rings. The average molecular weight is 404 g/mol. The summed E-state index contributed by atoms with van der Waals surface area (Å²) in [7, 11) is 0.471. The number of ether oxygens (including phenoxy) is 1. The molecule has 26 heavy (non-hydrogen) atoms. The number of hydrogen-bond donors (Lipinski definition) is 6. The van der Waals surface area contributed by atoms with Crippen LogP contribution in [-0.4, -0.2) is 112 Å². The third-order valence-electron chi connectivity index (χ3n) is 3.08. The Morgan fingerprint density at radius 1 is 1.12 bits per heavy atom. The maximum absolute atomic E-state index is 11.9. The number of Topliss-reactive ketones (excluding diaryl/α,β-unsaturated/α-hetero) is 1. The zero-order chi connectivity index (χ0) is 20.7. The fourth-order valence-corrected chi connectivity index (χ4v) is 2.29. The zero-order valence-electron chi connectivity index (χ0n) is 14.8. The summed E-state index contributed by atoms with van der Waals surface area (Å²) in [6.07, 6.45) is -7.33. The van der Waals surface area contributed by atoms with E-state index in [1.54, 1.807) is 21.1 Å². The van der Waals surface area contributed by atoms with E-state index in [1.165, 1.54) is 0 Å². The van der Waals surface area contributed by atoms with Crippen LogP contribution in [0.25, 0.3) is 0 Å². The molecule has 0 saturated carbocycles. The number of phosphoric acid groups is 1. The molecular formula is C13H27NO11P+. The monoisotopic (exact) mass is 404 g/mol. The van der Waals surface area contributed by atoms with Crippen molar-refractivity contribution < 1.29 is 58.1 Å². The topological polar surface area (TPSA) is 191 Å². The van der Waals surface area contributed by atoms with E-state index in [0.717, 1.165) is 0 Å². The number of nitrogens with zero attached hydrogens (tertiary/aromatic N) is 1. The summed E-state index contributed by atoms with van der Waals surface area (Å²) in [6, 6.07) is 0. The summed E-state index contributed by atoms with van der Waals surface area (Å²) < 4.78 is 20.1. The van der Waals surface area contributed by atoms with Crippen LogP contribution >= 0.6 is 7.82 Å². The number of hydrogen-bond acceptors (Lipinski definition) is 8.